The van der Waals surface area contributed by atoms with Gasteiger partial charge in [-0.1, -0.05) is 47.5 Å². The lowest BCUT2D eigenvalue weighted by atomic mass is 10.1. The molecule has 2 aromatic carbocycles. The van der Waals surface area contributed by atoms with Gasteiger partial charge in [0.15, 0.2) is 0 Å². The first-order chi connectivity index (χ1) is 19.2. The van der Waals surface area contributed by atoms with Crippen LogP contribution in [0.1, 0.15) is 33.8 Å². The highest BCUT2D eigenvalue weighted by atomic mass is 32.2. The van der Waals surface area contributed by atoms with Crippen LogP contribution in [0.4, 0.5) is 0 Å². The van der Waals surface area contributed by atoms with Crippen LogP contribution in [0.3, 0.4) is 0 Å². The Hall–Kier alpha value is -4.61. The molecule has 0 unspecified atom stereocenters. The fraction of sp³-hybridized carbons (Fsp3) is 0.172. The Balaban J connectivity index is 1.41. The molecule has 0 saturated carbocycles. The number of sulfonamides is 1. The minimum Gasteiger partial charge on any atom is -0.459 e. The number of hydrazone groups is 1. The molecule has 11 heteroatoms. The first-order valence-electron chi connectivity index (χ1n) is 12.4. The van der Waals surface area contributed by atoms with Gasteiger partial charge in [-0.2, -0.15) is 9.41 Å². The van der Waals surface area contributed by atoms with Gasteiger partial charge in [-0.3, -0.25) is 14.6 Å². The van der Waals surface area contributed by atoms with Crippen LogP contribution in [0, 0.1) is 13.8 Å². The first-order valence-corrected chi connectivity index (χ1v) is 13.9. The molecule has 206 valence electrons. The van der Waals surface area contributed by atoms with Gasteiger partial charge in [0, 0.05) is 25.5 Å². The van der Waals surface area contributed by atoms with E-state index in [-0.39, 0.29) is 30.3 Å². The summed E-state index contributed by atoms with van der Waals surface area (Å²) in [7, 11) is -3.84. The Bertz CT molecular complexity index is 1580. The van der Waals surface area contributed by atoms with E-state index in [2.05, 4.69) is 20.8 Å². The summed E-state index contributed by atoms with van der Waals surface area (Å²) in [6.07, 6.45) is 4.41. The Kier molecular flexibility index (Phi) is 9.20. The first kappa shape index (κ1) is 28.4. The zero-order valence-electron chi connectivity index (χ0n) is 22.1. The van der Waals surface area contributed by atoms with Crippen LogP contribution in [-0.2, 0) is 39.2 Å². The van der Waals surface area contributed by atoms with Gasteiger partial charge < -0.3 is 9.73 Å². The molecule has 0 radical (unpaired) electrons. The summed E-state index contributed by atoms with van der Waals surface area (Å²) in [6, 6.07) is 21.0. The number of nitrogens with zero attached hydrogens (tertiary/aromatic N) is 3. The van der Waals surface area contributed by atoms with Crippen LogP contribution in [0.15, 0.2) is 99.6 Å². The van der Waals surface area contributed by atoms with Crippen LogP contribution < -0.4 is 10.7 Å². The molecule has 0 spiro atoms. The third-order valence-electron chi connectivity index (χ3n) is 5.92. The highest BCUT2D eigenvalue weighted by molar-refractivity contribution is 7.89. The van der Waals surface area contributed by atoms with Gasteiger partial charge in [-0.25, -0.2) is 13.8 Å². The topological polar surface area (TPSA) is 134 Å². The molecule has 2 amide bonds. The number of carbonyl (C=O) groups is 2. The normalized spacial score (nSPS) is 11.6. The summed E-state index contributed by atoms with van der Waals surface area (Å²) in [5, 5.41) is 6.26. The maximum Gasteiger partial charge on any atom is 0.329 e. The van der Waals surface area contributed by atoms with Crippen molar-refractivity contribution in [3.63, 3.8) is 0 Å². The van der Waals surface area contributed by atoms with Crippen LogP contribution in [0.5, 0.6) is 0 Å². The molecule has 2 heterocycles. The molecule has 10 nitrogen and oxygen atoms in total. The fourth-order valence-corrected chi connectivity index (χ4v) is 5.07. The average Bonchev–Trinajstić information content (AvgIpc) is 3.40. The van der Waals surface area contributed by atoms with E-state index in [1.54, 1.807) is 60.9 Å². The molecule has 4 aromatic rings. The van der Waals surface area contributed by atoms with Gasteiger partial charge in [0.05, 0.1) is 17.7 Å². The lowest BCUT2D eigenvalue weighted by molar-refractivity contribution is -0.139. The van der Waals surface area contributed by atoms with Crippen molar-refractivity contribution in [2.75, 3.05) is 0 Å². The lowest BCUT2D eigenvalue weighted by Crippen LogP contribution is -2.37. The molecular formula is C29H29N5O5S. The van der Waals surface area contributed by atoms with E-state index < -0.39 is 21.8 Å². The summed E-state index contributed by atoms with van der Waals surface area (Å²) in [6.45, 7) is 4.15. The number of nitrogens with one attached hydrogen (secondary N) is 2. The summed E-state index contributed by atoms with van der Waals surface area (Å²) in [5.41, 5.74) is 5.80. The monoisotopic (exact) mass is 559 g/mol. The average molecular weight is 560 g/mol. The largest absolute Gasteiger partial charge is 0.459 e. The number of furan rings is 1. The maximum atomic E-state index is 13.6. The van der Waals surface area contributed by atoms with E-state index in [1.165, 1.54) is 10.5 Å². The van der Waals surface area contributed by atoms with Gasteiger partial charge in [0.2, 0.25) is 10.0 Å². The molecular weight excluding hydrogens is 530 g/mol. The van der Waals surface area contributed by atoms with Gasteiger partial charge in [-0.05, 0) is 61.4 Å². The van der Waals surface area contributed by atoms with Crippen molar-refractivity contribution < 1.29 is 22.4 Å². The van der Waals surface area contributed by atoms with E-state index in [0.29, 0.717) is 5.76 Å². The van der Waals surface area contributed by atoms with Gasteiger partial charge in [0.1, 0.15) is 11.5 Å². The minimum atomic E-state index is -3.84. The highest BCUT2D eigenvalue weighted by Crippen LogP contribution is 2.22. The van der Waals surface area contributed by atoms with Crippen LogP contribution in [0.2, 0.25) is 0 Å². The predicted octanol–water partition coefficient (Wildman–Crippen LogP) is 3.45. The van der Waals surface area contributed by atoms with Crippen molar-refractivity contribution in [2.24, 2.45) is 5.10 Å². The molecule has 2 N–H and O–H groups in total. The van der Waals surface area contributed by atoms with Crippen molar-refractivity contribution in [3.8, 4) is 0 Å². The number of aryl methyl sites for hydroxylation is 2. The molecule has 0 bridgehead atoms. The molecule has 0 saturated heterocycles. The second-order valence-corrected chi connectivity index (χ2v) is 11.1. The molecule has 4 rings (SSSR count). The van der Waals surface area contributed by atoms with Crippen molar-refractivity contribution in [3.05, 3.63) is 119 Å². The quantitative estimate of drug-likeness (QED) is 0.174. The van der Waals surface area contributed by atoms with Gasteiger partial charge in [-0.15, -0.1) is 0 Å². The summed E-state index contributed by atoms with van der Waals surface area (Å²) >= 11 is 0. The number of hydrogen-bond acceptors (Lipinski definition) is 7. The Morgan fingerprint density at radius 2 is 1.50 bits per heavy atom. The smallest absolute Gasteiger partial charge is 0.329 e. The SMILES string of the molecule is Cc1ccc(CN(Cc2ccc(/C=N/NC(=O)C(=O)NCc3ccncc3)o2)S(=O)(=O)c2ccc(C)cc2)cc1. The number of hydrogen-bond donors (Lipinski definition) is 2. The number of amides is 2. The van der Waals surface area contributed by atoms with E-state index in [1.807, 2.05) is 38.1 Å². The Labute approximate surface area is 232 Å². The third kappa shape index (κ3) is 7.71. The molecule has 0 aliphatic rings. The van der Waals surface area contributed by atoms with E-state index in [4.69, 9.17) is 4.42 Å². The van der Waals surface area contributed by atoms with Gasteiger partial charge >= 0.3 is 11.8 Å². The number of aromatic nitrogens is 1. The van der Waals surface area contributed by atoms with Crippen molar-refractivity contribution >= 4 is 28.1 Å². The van der Waals surface area contributed by atoms with Crippen LogP contribution >= 0.6 is 0 Å². The zero-order chi connectivity index (χ0) is 28.5. The molecule has 0 atom stereocenters. The Morgan fingerprint density at radius 1 is 0.850 bits per heavy atom. The molecule has 2 aromatic heterocycles. The molecule has 0 fully saturated rings. The second-order valence-electron chi connectivity index (χ2n) is 9.11. The third-order valence-corrected chi connectivity index (χ3v) is 7.73. The number of benzene rings is 2. The van der Waals surface area contributed by atoms with Crippen LogP contribution in [-0.4, -0.2) is 35.7 Å². The number of carbonyl (C=O) groups excluding carboxylic acids is 2. The van der Waals surface area contributed by atoms with Crippen molar-refractivity contribution in [1.29, 1.82) is 0 Å². The number of rotatable bonds is 10. The summed E-state index contributed by atoms with van der Waals surface area (Å²) < 4.78 is 34.2. The highest BCUT2D eigenvalue weighted by Gasteiger charge is 2.26. The number of pyridine rings is 1. The van der Waals surface area contributed by atoms with E-state index >= 15 is 0 Å². The predicted molar refractivity (Wildman–Crippen MR) is 149 cm³/mol. The lowest BCUT2D eigenvalue weighted by Gasteiger charge is -2.21. The minimum absolute atomic E-state index is 0.0261. The molecule has 0 aliphatic carbocycles. The Morgan fingerprint density at radius 3 is 2.17 bits per heavy atom. The fourth-order valence-electron chi connectivity index (χ4n) is 3.67. The van der Waals surface area contributed by atoms with E-state index in [0.717, 1.165) is 22.3 Å². The maximum absolute atomic E-state index is 13.6. The summed E-state index contributed by atoms with van der Waals surface area (Å²) in [5.74, 6) is -1.13. The molecule has 40 heavy (non-hydrogen) atoms. The standard InChI is InChI=1S/C29H29N5O5S/c1-21-3-7-24(8-4-21)19-34(40(37,38)27-11-5-22(2)6-12-27)20-26-10-9-25(39-26)18-32-33-29(36)28(35)31-17-23-13-15-30-16-14-23/h3-16,18H,17,19-20H2,1-2H3,(H,31,35)(H,33,36)/b32-18+. The van der Waals surface area contributed by atoms with Gasteiger partial charge in [0.25, 0.3) is 0 Å². The molecule has 0 aliphatic heterocycles. The van der Waals surface area contributed by atoms with Crippen molar-refractivity contribution in [1.82, 2.24) is 20.0 Å². The second kappa shape index (κ2) is 13.0. The van der Waals surface area contributed by atoms with E-state index in [9.17, 15) is 18.0 Å². The zero-order valence-corrected chi connectivity index (χ0v) is 22.9. The summed E-state index contributed by atoms with van der Waals surface area (Å²) in [4.78, 5) is 28.1. The van der Waals surface area contributed by atoms with Crippen molar-refractivity contribution in [2.45, 2.75) is 38.4 Å². The van der Waals surface area contributed by atoms with Crippen LogP contribution in [0.25, 0.3) is 0 Å².